The average molecular weight is 334 g/mol. The highest BCUT2D eigenvalue weighted by molar-refractivity contribution is 6.53. The van der Waals surface area contributed by atoms with E-state index in [1.807, 2.05) is 0 Å². The number of benzene rings is 2. The summed E-state index contributed by atoms with van der Waals surface area (Å²) in [4.78, 5) is 0. The first-order valence-corrected chi connectivity index (χ1v) is 8.89. The minimum Gasteiger partial charge on any atom is -0.400 e. The summed E-state index contributed by atoms with van der Waals surface area (Å²) >= 11 is 0. The predicted octanol–water partition coefficient (Wildman–Crippen LogP) is 5.37. The van der Waals surface area contributed by atoms with Gasteiger partial charge in [-0.2, -0.15) is 0 Å². The standard InChI is InChI=1S/C22H27BO2/c1-16-9-7-11-18(13-16)20(19-12-8-10-17(2)14-19)15-23-24-21(3,4)22(5,6)25-23/h7-15H,1-6H3. The molecular weight excluding hydrogens is 307 g/mol. The molecule has 1 aliphatic heterocycles. The molecular formula is C22H27BO2. The van der Waals surface area contributed by atoms with Gasteiger partial charge in [-0.15, -0.1) is 0 Å². The van der Waals surface area contributed by atoms with Crippen molar-refractivity contribution in [2.24, 2.45) is 0 Å². The number of aryl methyl sites for hydroxylation is 2. The molecule has 0 N–H and O–H groups in total. The normalized spacial score (nSPS) is 18.2. The largest absolute Gasteiger partial charge is 0.487 e. The van der Waals surface area contributed by atoms with E-state index in [0.29, 0.717) is 0 Å². The maximum Gasteiger partial charge on any atom is 0.487 e. The molecule has 0 aromatic heterocycles. The molecule has 0 unspecified atom stereocenters. The third-order valence-corrected chi connectivity index (χ3v) is 5.23. The first-order valence-electron chi connectivity index (χ1n) is 8.89. The number of hydrogen-bond acceptors (Lipinski definition) is 2. The Hall–Kier alpha value is -1.84. The summed E-state index contributed by atoms with van der Waals surface area (Å²) in [6.45, 7) is 12.6. The molecule has 0 radical (unpaired) electrons. The van der Waals surface area contributed by atoms with Crippen LogP contribution in [0, 0.1) is 13.8 Å². The summed E-state index contributed by atoms with van der Waals surface area (Å²) < 4.78 is 12.4. The molecule has 1 aliphatic rings. The molecule has 2 nitrogen and oxygen atoms in total. The molecule has 0 saturated carbocycles. The molecule has 3 rings (SSSR count). The van der Waals surface area contributed by atoms with E-state index in [4.69, 9.17) is 9.31 Å². The van der Waals surface area contributed by atoms with Crippen LogP contribution in [0.15, 0.2) is 54.5 Å². The van der Waals surface area contributed by atoms with Crippen LogP contribution < -0.4 is 0 Å². The predicted molar refractivity (Wildman–Crippen MR) is 106 cm³/mol. The van der Waals surface area contributed by atoms with Crippen molar-refractivity contribution in [3.8, 4) is 0 Å². The fourth-order valence-electron chi connectivity index (χ4n) is 3.08. The van der Waals surface area contributed by atoms with Crippen LogP contribution in [0.25, 0.3) is 5.57 Å². The summed E-state index contributed by atoms with van der Waals surface area (Å²) in [5.41, 5.74) is 5.32. The van der Waals surface area contributed by atoms with Gasteiger partial charge in [-0.1, -0.05) is 59.7 Å². The van der Waals surface area contributed by atoms with Crippen LogP contribution in [0.5, 0.6) is 0 Å². The lowest BCUT2D eigenvalue weighted by atomic mass is 9.82. The number of rotatable bonds is 3. The molecule has 1 fully saturated rings. The first-order chi connectivity index (χ1) is 11.7. The molecule has 0 aliphatic carbocycles. The zero-order chi connectivity index (χ0) is 18.2. The maximum atomic E-state index is 6.20. The van der Waals surface area contributed by atoms with E-state index < -0.39 is 0 Å². The summed E-state index contributed by atoms with van der Waals surface area (Å²) in [5.74, 6) is 2.11. The summed E-state index contributed by atoms with van der Waals surface area (Å²) in [6, 6.07) is 17.1. The lowest BCUT2D eigenvalue weighted by Crippen LogP contribution is -2.41. The Balaban J connectivity index is 2.06. The Kier molecular flexibility index (Phi) is 4.65. The van der Waals surface area contributed by atoms with E-state index in [1.54, 1.807) is 0 Å². The molecule has 1 saturated heterocycles. The van der Waals surface area contributed by atoms with Gasteiger partial charge in [0.2, 0.25) is 0 Å². The van der Waals surface area contributed by atoms with E-state index in [2.05, 4.69) is 96.0 Å². The summed E-state index contributed by atoms with van der Waals surface area (Å²) in [5, 5.41) is 0. The third-order valence-electron chi connectivity index (χ3n) is 5.23. The van der Waals surface area contributed by atoms with Crippen LogP contribution in [0.2, 0.25) is 0 Å². The van der Waals surface area contributed by atoms with Crippen molar-refractivity contribution in [3.63, 3.8) is 0 Å². The van der Waals surface area contributed by atoms with Crippen molar-refractivity contribution in [2.45, 2.75) is 52.7 Å². The van der Waals surface area contributed by atoms with Gasteiger partial charge in [-0.05, 0) is 64.2 Å². The van der Waals surface area contributed by atoms with Gasteiger partial charge in [0, 0.05) is 0 Å². The highest BCUT2D eigenvalue weighted by atomic mass is 16.7. The minimum absolute atomic E-state index is 0.335. The molecule has 0 amide bonds. The Labute approximate surface area is 152 Å². The van der Waals surface area contributed by atoms with Crippen molar-refractivity contribution in [2.75, 3.05) is 0 Å². The molecule has 3 heteroatoms. The second-order valence-electron chi connectivity index (χ2n) is 7.94. The molecule has 0 atom stereocenters. The highest BCUT2D eigenvalue weighted by Gasteiger charge is 2.50. The first kappa shape index (κ1) is 18.0. The van der Waals surface area contributed by atoms with Gasteiger partial charge in [-0.3, -0.25) is 0 Å². The van der Waals surface area contributed by atoms with Crippen LogP contribution in [0.4, 0.5) is 0 Å². The smallest absolute Gasteiger partial charge is 0.400 e. The average Bonchev–Trinajstić information content (AvgIpc) is 2.72. The van der Waals surface area contributed by atoms with E-state index in [1.165, 1.54) is 22.3 Å². The molecule has 25 heavy (non-hydrogen) atoms. The monoisotopic (exact) mass is 334 g/mol. The van der Waals surface area contributed by atoms with Crippen molar-refractivity contribution in [3.05, 3.63) is 76.8 Å². The second-order valence-corrected chi connectivity index (χ2v) is 7.94. The van der Waals surface area contributed by atoms with Gasteiger partial charge in [0.15, 0.2) is 0 Å². The van der Waals surface area contributed by atoms with Crippen molar-refractivity contribution in [1.29, 1.82) is 0 Å². The Morgan fingerprint density at radius 1 is 0.800 bits per heavy atom. The third kappa shape index (κ3) is 3.73. The van der Waals surface area contributed by atoms with Crippen LogP contribution in [-0.4, -0.2) is 18.3 Å². The van der Waals surface area contributed by atoms with Gasteiger partial charge < -0.3 is 9.31 Å². The molecule has 2 aromatic carbocycles. The zero-order valence-electron chi connectivity index (χ0n) is 16.1. The maximum absolute atomic E-state index is 6.20. The van der Waals surface area contributed by atoms with E-state index in [-0.39, 0.29) is 18.3 Å². The van der Waals surface area contributed by atoms with Crippen LogP contribution in [0.1, 0.15) is 49.9 Å². The van der Waals surface area contributed by atoms with Crippen LogP contribution in [0.3, 0.4) is 0 Å². The fourth-order valence-corrected chi connectivity index (χ4v) is 3.08. The van der Waals surface area contributed by atoms with Gasteiger partial charge >= 0.3 is 7.12 Å². The SMILES string of the molecule is Cc1cccc(C(=CB2OC(C)(C)C(C)(C)O2)c2cccc(C)c2)c1. The van der Waals surface area contributed by atoms with E-state index >= 15 is 0 Å². The topological polar surface area (TPSA) is 18.5 Å². The molecule has 2 aromatic rings. The summed E-state index contributed by atoms with van der Waals surface area (Å²) in [7, 11) is -0.360. The van der Waals surface area contributed by atoms with Crippen molar-refractivity contribution < 1.29 is 9.31 Å². The summed E-state index contributed by atoms with van der Waals surface area (Å²) in [6.07, 6.45) is 0. The molecule has 0 spiro atoms. The van der Waals surface area contributed by atoms with Crippen LogP contribution >= 0.6 is 0 Å². The zero-order valence-corrected chi connectivity index (χ0v) is 16.1. The van der Waals surface area contributed by atoms with Crippen molar-refractivity contribution >= 4 is 12.7 Å². The lowest BCUT2D eigenvalue weighted by molar-refractivity contribution is 0.00578. The Morgan fingerprint density at radius 3 is 1.64 bits per heavy atom. The Bertz CT molecular complexity index is 742. The fraction of sp³-hybridized carbons (Fsp3) is 0.364. The van der Waals surface area contributed by atoms with E-state index in [0.717, 1.165) is 5.57 Å². The molecule has 130 valence electrons. The minimum atomic E-state index is -0.360. The highest BCUT2D eigenvalue weighted by Crippen LogP contribution is 2.38. The lowest BCUT2D eigenvalue weighted by Gasteiger charge is -2.32. The van der Waals surface area contributed by atoms with Gasteiger partial charge in [0.1, 0.15) is 0 Å². The molecule has 0 bridgehead atoms. The van der Waals surface area contributed by atoms with Gasteiger partial charge in [0.25, 0.3) is 0 Å². The van der Waals surface area contributed by atoms with Gasteiger partial charge in [-0.25, -0.2) is 0 Å². The molecule has 1 heterocycles. The second kappa shape index (κ2) is 6.47. The van der Waals surface area contributed by atoms with Crippen LogP contribution in [-0.2, 0) is 9.31 Å². The Morgan fingerprint density at radius 2 is 1.24 bits per heavy atom. The van der Waals surface area contributed by atoms with Gasteiger partial charge in [0.05, 0.1) is 11.2 Å². The van der Waals surface area contributed by atoms with E-state index in [9.17, 15) is 0 Å². The quantitative estimate of drug-likeness (QED) is 0.703. The number of hydrogen-bond donors (Lipinski definition) is 0. The van der Waals surface area contributed by atoms with Crippen molar-refractivity contribution in [1.82, 2.24) is 0 Å².